The number of nitrogens with zero attached hydrogens (tertiary/aromatic N) is 2. The molecule has 0 N–H and O–H groups in total. The van der Waals surface area contributed by atoms with Crippen molar-refractivity contribution in [1.29, 1.82) is 0 Å². The minimum absolute atomic E-state index is 0.0672. The van der Waals surface area contributed by atoms with Gasteiger partial charge in [0.05, 0.1) is 5.69 Å². The molecule has 0 unspecified atom stereocenters. The molecular formula is C11H18F2N2. The third-order valence-corrected chi connectivity index (χ3v) is 2.44. The van der Waals surface area contributed by atoms with E-state index in [1.807, 2.05) is 27.7 Å². The smallest absolute Gasteiger partial charge is 0.274 e. The average Bonchev–Trinajstić information content (AvgIpc) is 2.42. The van der Waals surface area contributed by atoms with Crippen molar-refractivity contribution in [2.75, 3.05) is 0 Å². The zero-order valence-electron chi connectivity index (χ0n) is 9.88. The van der Waals surface area contributed by atoms with E-state index in [1.54, 1.807) is 6.92 Å². The lowest BCUT2D eigenvalue weighted by Gasteiger charge is -2.14. The molecule has 1 heterocycles. The molecule has 0 aromatic carbocycles. The fourth-order valence-electron chi connectivity index (χ4n) is 1.83. The zero-order valence-corrected chi connectivity index (χ0v) is 9.88. The van der Waals surface area contributed by atoms with Gasteiger partial charge in [-0.05, 0) is 18.8 Å². The largest absolute Gasteiger partial charge is 0.320 e. The van der Waals surface area contributed by atoms with Crippen LogP contribution < -0.4 is 0 Å². The molecule has 0 radical (unpaired) electrons. The van der Waals surface area contributed by atoms with E-state index in [-0.39, 0.29) is 11.8 Å². The third-order valence-electron chi connectivity index (χ3n) is 2.44. The van der Waals surface area contributed by atoms with Gasteiger partial charge >= 0.3 is 6.55 Å². The van der Waals surface area contributed by atoms with Gasteiger partial charge in [-0.15, -0.1) is 0 Å². The van der Waals surface area contributed by atoms with E-state index in [9.17, 15) is 8.78 Å². The van der Waals surface area contributed by atoms with Gasteiger partial charge in [0.15, 0.2) is 0 Å². The second kappa shape index (κ2) is 4.29. The Balaban J connectivity index is 3.38. The van der Waals surface area contributed by atoms with Gasteiger partial charge in [0, 0.05) is 5.69 Å². The van der Waals surface area contributed by atoms with Crippen LogP contribution in [0.15, 0.2) is 0 Å². The van der Waals surface area contributed by atoms with E-state index in [2.05, 4.69) is 4.98 Å². The minimum atomic E-state index is -2.50. The summed E-state index contributed by atoms with van der Waals surface area (Å²) in [6, 6.07) is 0. The summed E-state index contributed by atoms with van der Waals surface area (Å²) in [6.45, 7) is 6.92. The lowest BCUT2D eigenvalue weighted by molar-refractivity contribution is 0.0642. The highest BCUT2D eigenvalue weighted by Gasteiger charge is 2.23. The van der Waals surface area contributed by atoms with Crippen LogP contribution in [0, 0.1) is 6.92 Å². The summed E-state index contributed by atoms with van der Waals surface area (Å²) in [7, 11) is 0. The van der Waals surface area contributed by atoms with Crippen molar-refractivity contribution in [2.24, 2.45) is 0 Å². The number of halogens is 2. The molecule has 0 saturated heterocycles. The number of aryl methyl sites for hydroxylation is 1. The van der Waals surface area contributed by atoms with Gasteiger partial charge in [0.25, 0.3) is 0 Å². The van der Waals surface area contributed by atoms with Crippen molar-refractivity contribution in [3.63, 3.8) is 0 Å². The topological polar surface area (TPSA) is 17.8 Å². The van der Waals surface area contributed by atoms with Crippen LogP contribution in [0.4, 0.5) is 8.78 Å². The van der Waals surface area contributed by atoms with Crippen molar-refractivity contribution in [3.8, 4) is 0 Å². The van der Waals surface area contributed by atoms with Crippen molar-refractivity contribution >= 4 is 0 Å². The van der Waals surface area contributed by atoms with E-state index >= 15 is 0 Å². The molecule has 0 atom stereocenters. The zero-order chi connectivity index (χ0) is 11.7. The Morgan fingerprint density at radius 1 is 1.07 bits per heavy atom. The fraction of sp³-hybridized carbons (Fsp3) is 0.727. The van der Waals surface area contributed by atoms with Gasteiger partial charge in [-0.1, -0.05) is 27.7 Å². The van der Waals surface area contributed by atoms with Gasteiger partial charge in [-0.2, -0.15) is 8.78 Å². The Bertz CT molecular complexity index is 341. The van der Waals surface area contributed by atoms with Crippen LogP contribution in [0.25, 0.3) is 0 Å². The highest BCUT2D eigenvalue weighted by Crippen LogP contribution is 2.30. The summed E-state index contributed by atoms with van der Waals surface area (Å²) in [6.07, 6.45) is 0. The molecule has 0 bridgehead atoms. The Kier molecular flexibility index (Phi) is 3.47. The molecule has 4 heteroatoms. The molecule has 0 aliphatic heterocycles. The number of rotatable bonds is 3. The standard InChI is InChI=1S/C11H18F2N2/c1-6(2)9-10(7(3)4)15(11(12)13)8(5)14-9/h6-7,11H,1-5H3. The van der Waals surface area contributed by atoms with Crippen molar-refractivity contribution in [2.45, 2.75) is 53.0 Å². The maximum Gasteiger partial charge on any atom is 0.320 e. The lowest BCUT2D eigenvalue weighted by atomic mass is 10.0. The maximum atomic E-state index is 12.8. The maximum absolute atomic E-state index is 12.8. The van der Waals surface area contributed by atoms with E-state index in [0.29, 0.717) is 11.5 Å². The van der Waals surface area contributed by atoms with Gasteiger partial charge in [0.1, 0.15) is 5.82 Å². The highest BCUT2D eigenvalue weighted by atomic mass is 19.3. The van der Waals surface area contributed by atoms with Crippen LogP contribution in [0.3, 0.4) is 0 Å². The fourth-order valence-corrected chi connectivity index (χ4v) is 1.83. The van der Waals surface area contributed by atoms with Gasteiger partial charge in [-0.3, -0.25) is 4.57 Å². The molecule has 0 amide bonds. The number of imidazole rings is 1. The van der Waals surface area contributed by atoms with Gasteiger partial charge < -0.3 is 0 Å². The lowest BCUT2D eigenvalue weighted by Crippen LogP contribution is -2.08. The number of hydrogen-bond acceptors (Lipinski definition) is 1. The molecule has 0 aliphatic carbocycles. The highest BCUT2D eigenvalue weighted by molar-refractivity contribution is 5.23. The van der Waals surface area contributed by atoms with Crippen LogP contribution in [0.5, 0.6) is 0 Å². The van der Waals surface area contributed by atoms with E-state index in [1.165, 1.54) is 0 Å². The van der Waals surface area contributed by atoms with Crippen molar-refractivity contribution in [3.05, 3.63) is 17.2 Å². The number of aromatic nitrogens is 2. The average molecular weight is 216 g/mol. The second-order valence-electron chi connectivity index (χ2n) is 4.39. The first-order valence-electron chi connectivity index (χ1n) is 5.23. The van der Waals surface area contributed by atoms with Crippen LogP contribution in [0.1, 0.15) is 63.3 Å². The molecular weight excluding hydrogens is 198 g/mol. The van der Waals surface area contributed by atoms with Crippen molar-refractivity contribution < 1.29 is 8.78 Å². The summed E-state index contributed by atoms with van der Waals surface area (Å²) in [5.41, 5.74) is 1.46. The Morgan fingerprint density at radius 2 is 1.60 bits per heavy atom. The van der Waals surface area contributed by atoms with Gasteiger partial charge in [0.2, 0.25) is 0 Å². The summed E-state index contributed by atoms with van der Waals surface area (Å²) in [5.74, 6) is 0.649. The Labute approximate surface area is 89.3 Å². The molecule has 0 saturated carbocycles. The van der Waals surface area contributed by atoms with Crippen LogP contribution >= 0.6 is 0 Å². The summed E-state index contributed by atoms with van der Waals surface area (Å²) >= 11 is 0. The SMILES string of the molecule is Cc1nc(C(C)C)c(C(C)C)n1C(F)F. The summed E-state index contributed by atoms with van der Waals surface area (Å²) in [4.78, 5) is 4.24. The molecule has 0 aliphatic rings. The number of hydrogen-bond donors (Lipinski definition) is 0. The molecule has 1 aromatic heterocycles. The third kappa shape index (κ3) is 2.19. The second-order valence-corrected chi connectivity index (χ2v) is 4.39. The number of alkyl halides is 2. The molecule has 1 aromatic rings. The Morgan fingerprint density at radius 3 is 1.93 bits per heavy atom. The monoisotopic (exact) mass is 216 g/mol. The predicted molar refractivity (Wildman–Crippen MR) is 56.4 cm³/mol. The van der Waals surface area contributed by atoms with E-state index in [4.69, 9.17) is 0 Å². The quantitative estimate of drug-likeness (QED) is 0.750. The molecule has 86 valence electrons. The molecule has 0 spiro atoms. The molecule has 15 heavy (non-hydrogen) atoms. The van der Waals surface area contributed by atoms with Crippen LogP contribution in [-0.4, -0.2) is 9.55 Å². The van der Waals surface area contributed by atoms with E-state index < -0.39 is 6.55 Å². The molecule has 0 fully saturated rings. The van der Waals surface area contributed by atoms with Crippen LogP contribution in [0.2, 0.25) is 0 Å². The molecule has 1 rings (SSSR count). The van der Waals surface area contributed by atoms with Gasteiger partial charge in [-0.25, -0.2) is 4.98 Å². The first-order chi connectivity index (χ1) is 6.86. The summed E-state index contributed by atoms with van der Waals surface area (Å²) in [5, 5.41) is 0. The minimum Gasteiger partial charge on any atom is -0.274 e. The van der Waals surface area contributed by atoms with Crippen molar-refractivity contribution in [1.82, 2.24) is 9.55 Å². The normalized spacial score (nSPS) is 12.1. The Hall–Kier alpha value is -0.930. The first-order valence-corrected chi connectivity index (χ1v) is 5.23. The van der Waals surface area contributed by atoms with E-state index in [0.717, 1.165) is 10.3 Å². The predicted octanol–water partition coefficient (Wildman–Crippen LogP) is 3.83. The first kappa shape index (κ1) is 12.1. The molecule has 2 nitrogen and oxygen atoms in total. The van der Waals surface area contributed by atoms with Crippen LogP contribution in [-0.2, 0) is 0 Å². The summed E-state index contributed by atoms with van der Waals surface area (Å²) < 4.78 is 26.7.